The summed E-state index contributed by atoms with van der Waals surface area (Å²) in [5.41, 5.74) is 5.42. The summed E-state index contributed by atoms with van der Waals surface area (Å²) >= 11 is 0. The van der Waals surface area contributed by atoms with E-state index in [4.69, 9.17) is 10.5 Å². The van der Waals surface area contributed by atoms with Crippen LogP contribution in [0, 0.1) is 0 Å². The maximum absolute atomic E-state index is 13.0. The standard InChI is InChI=1S/C18H19NO4S/c1-2-23-17(20)18(19)15(13-9-5-3-6-10-13)16(18)24(21,22)14-11-7-4-8-12-14/h3-12,15-16H,2,19H2,1H3/t15-,16-,18+/m1/s1. The molecular formula is C18H19NO4S. The maximum Gasteiger partial charge on any atom is 0.328 e. The molecule has 0 spiro atoms. The summed E-state index contributed by atoms with van der Waals surface area (Å²) in [6.07, 6.45) is 0. The van der Waals surface area contributed by atoms with Crippen LogP contribution in [0.1, 0.15) is 18.4 Å². The molecule has 0 amide bonds. The number of benzene rings is 2. The molecule has 1 aliphatic rings. The average molecular weight is 345 g/mol. The van der Waals surface area contributed by atoms with Gasteiger partial charge in [-0.05, 0) is 24.6 Å². The third kappa shape index (κ3) is 2.52. The molecule has 0 bridgehead atoms. The van der Waals surface area contributed by atoms with Crippen molar-refractivity contribution in [1.29, 1.82) is 0 Å². The summed E-state index contributed by atoms with van der Waals surface area (Å²) in [4.78, 5) is 12.5. The number of hydrogen-bond donors (Lipinski definition) is 1. The maximum atomic E-state index is 13.0. The number of esters is 1. The van der Waals surface area contributed by atoms with Crippen molar-refractivity contribution < 1.29 is 17.9 Å². The van der Waals surface area contributed by atoms with Crippen molar-refractivity contribution in [2.45, 2.75) is 28.5 Å². The summed E-state index contributed by atoms with van der Waals surface area (Å²) in [5.74, 6) is -1.30. The Balaban J connectivity index is 2.06. The van der Waals surface area contributed by atoms with Gasteiger partial charge in [-0.2, -0.15) is 0 Å². The Morgan fingerprint density at radius 3 is 2.17 bits per heavy atom. The van der Waals surface area contributed by atoms with Crippen LogP contribution in [-0.4, -0.2) is 31.8 Å². The smallest absolute Gasteiger partial charge is 0.328 e. The van der Waals surface area contributed by atoms with Crippen molar-refractivity contribution in [2.75, 3.05) is 6.61 Å². The Hall–Kier alpha value is -2.18. The molecule has 3 atom stereocenters. The highest BCUT2D eigenvalue weighted by atomic mass is 32.2. The fourth-order valence-electron chi connectivity index (χ4n) is 3.18. The molecule has 1 saturated carbocycles. The predicted molar refractivity (Wildman–Crippen MR) is 90.2 cm³/mol. The quantitative estimate of drug-likeness (QED) is 0.836. The van der Waals surface area contributed by atoms with Crippen molar-refractivity contribution in [3.05, 3.63) is 66.2 Å². The van der Waals surface area contributed by atoms with E-state index >= 15 is 0 Å². The van der Waals surface area contributed by atoms with Crippen LogP contribution in [0.5, 0.6) is 0 Å². The van der Waals surface area contributed by atoms with Gasteiger partial charge in [-0.15, -0.1) is 0 Å². The number of carbonyl (C=O) groups excluding carboxylic acids is 1. The van der Waals surface area contributed by atoms with Crippen molar-refractivity contribution in [1.82, 2.24) is 0 Å². The van der Waals surface area contributed by atoms with Crippen molar-refractivity contribution >= 4 is 15.8 Å². The first-order valence-electron chi connectivity index (χ1n) is 7.74. The molecule has 1 fully saturated rings. The number of carbonyl (C=O) groups is 1. The molecule has 0 aliphatic heterocycles. The first-order valence-corrected chi connectivity index (χ1v) is 9.28. The molecule has 1 aliphatic carbocycles. The van der Waals surface area contributed by atoms with E-state index in [9.17, 15) is 13.2 Å². The van der Waals surface area contributed by atoms with E-state index in [1.807, 2.05) is 6.07 Å². The van der Waals surface area contributed by atoms with Crippen molar-refractivity contribution in [3.8, 4) is 0 Å². The molecule has 3 rings (SSSR count). The van der Waals surface area contributed by atoms with E-state index in [2.05, 4.69) is 0 Å². The number of ether oxygens (including phenoxy) is 1. The lowest BCUT2D eigenvalue weighted by Gasteiger charge is -2.11. The van der Waals surface area contributed by atoms with Crippen LogP contribution >= 0.6 is 0 Å². The Bertz CT molecular complexity index is 836. The minimum absolute atomic E-state index is 0.150. The summed E-state index contributed by atoms with van der Waals surface area (Å²) in [6, 6.07) is 17.1. The zero-order valence-corrected chi connectivity index (χ0v) is 14.1. The number of nitrogens with two attached hydrogens (primary N) is 1. The molecule has 5 nitrogen and oxygen atoms in total. The summed E-state index contributed by atoms with van der Waals surface area (Å²) in [6.45, 7) is 1.82. The van der Waals surface area contributed by atoms with Crippen molar-refractivity contribution in [2.24, 2.45) is 5.73 Å². The van der Waals surface area contributed by atoms with Gasteiger partial charge in [0.15, 0.2) is 9.84 Å². The zero-order chi connectivity index (χ0) is 17.4. The molecule has 0 saturated heterocycles. The zero-order valence-electron chi connectivity index (χ0n) is 13.3. The fourth-order valence-corrected chi connectivity index (χ4v) is 5.43. The van der Waals surface area contributed by atoms with E-state index in [0.717, 1.165) is 5.56 Å². The van der Waals surface area contributed by atoms with E-state index in [0.29, 0.717) is 0 Å². The van der Waals surface area contributed by atoms with Gasteiger partial charge in [0.05, 0.1) is 11.5 Å². The van der Waals surface area contributed by atoms with Crippen LogP contribution in [0.4, 0.5) is 0 Å². The average Bonchev–Trinajstić information content (AvgIpc) is 3.25. The Kier molecular flexibility index (Phi) is 4.19. The van der Waals surface area contributed by atoms with E-state index in [-0.39, 0.29) is 11.5 Å². The van der Waals surface area contributed by atoms with Gasteiger partial charge < -0.3 is 10.5 Å². The van der Waals surface area contributed by atoms with Gasteiger partial charge in [0.25, 0.3) is 0 Å². The van der Waals surface area contributed by atoms with Gasteiger partial charge in [-0.3, -0.25) is 0 Å². The Labute approximate surface area is 141 Å². The fraction of sp³-hybridized carbons (Fsp3) is 0.278. The van der Waals surface area contributed by atoms with Crippen LogP contribution in [0.3, 0.4) is 0 Å². The molecule has 126 valence electrons. The lowest BCUT2D eigenvalue weighted by atomic mass is 10.1. The van der Waals surface area contributed by atoms with Crippen LogP contribution in [0.25, 0.3) is 0 Å². The van der Waals surface area contributed by atoms with E-state index in [1.165, 1.54) is 12.1 Å². The van der Waals surface area contributed by atoms with Gasteiger partial charge in [0.1, 0.15) is 10.8 Å². The summed E-state index contributed by atoms with van der Waals surface area (Å²) < 4.78 is 31.1. The highest BCUT2D eigenvalue weighted by Crippen LogP contribution is 2.56. The van der Waals surface area contributed by atoms with Gasteiger partial charge in [-0.25, -0.2) is 13.2 Å². The van der Waals surface area contributed by atoms with Gasteiger partial charge in [-0.1, -0.05) is 48.5 Å². The molecule has 2 aromatic carbocycles. The second-order valence-corrected chi connectivity index (χ2v) is 7.89. The first kappa shape index (κ1) is 16.7. The van der Waals surface area contributed by atoms with Gasteiger partial charge in [0, 0.05) is 5.92 Å². The molecule has 24 heavy (non-hydrogen) atoms. The van der Waals surface area contributed by atoms with Crippen LogP contribution in [-0.2, 0) is 19.4 Å². The normalized spacial score (nSPS) is 25.9. The lowest BCUT2D eigenvalue weighted by Crippen LogP contribution is -2.41. The topological polar surface area (TPSA) is 86.5 Å². The van der Waals surface area contributed by atoms with Crippen LogP contribution < -0.4 is 5.73 Å². The lowest BCUT2D eigenvalue weighted by molar-refractivity contribution is -0.145. The molecule has 6 heteroatoms. The van der Waals surface area contributed by atoms with Gasteiger partial charge in [0.2, 0.25) is 0 Å². The molecule has 2 aromatic rings. The van der Waals surface area contributed by atoms with Crippen LogP contribution in [0.15, 0.2) is 65.6 Å². The second-order valence-electron chi connectivity index (χ2n) is 5.82. The molecule has 0 unspecified atom stereocenters. The molecular weight excluding hydrogens is 326 g/mol. The van der Waals surface area contributed by atoms with E-state index in [1.54, 1.807) is 49.4 Å². The molecule has 0 radical (unpaired) electrons. The number of sulfone groups is 1. The minimum atomic E-state index is -3.76. The predicted octanol–water partition coefficient (Wildman–Crippen LogP) is 1.89. The third-order valence-corrected chi connectivity index (χ3v) is 6.63. The third-order valence-electron chi connectivity index (χ3n) is 4.37. The Morgan fingerprint density at radius 2 is 1.62 bits per heavy atom. The number of hydrogen-bond acceptors (Lipinski definition) is 5. The SMILES string of the molecule is CCOC(=O)[C@]1(N)[C@H](c2ccccc2)[C@H]1S(=O)(=O)c1ccccc1. The monoisotopic (exact) mass is 345 g/mol. The summed E-state index contributed by atoms with van der Waals surface area (Å²) in [7, 11) is -3.76. The highest BCUT2D eigenvalue weighted by Gasteiger charge is 2.74. The number of rotatable bonds is 5. The Morgan fingerprint density at radius 1 is 1.08 bits per heavy atom. The highest BCUT2D eigenvalue weighted by molar-refractivity contribution is 7.92. The molecule has 2 N–H and O–H groups in total. The van der Waals surface area contributed by atoms with Crippen LogP contribution in [0.2, 0.25) is 0 Å². The first-order chi connectivity index (χ1) is 11.4. The molecule has 0 aromatic heterocycles. The largest absolute Gasteiger partial charge is 0.465 e. The molecule has 0 heterocycles. The summed E-state index contributed by atoms with van der Waals surface area (Å²) in [5, 5.41) is -1.03. The second kappa shape index (κ2) is 6.03. The van der Waals surface area contributed by atoms with Crippen molar-refractivity contribution in [3.63, 3.8) is 0 Å². The minimum Gasteiger partial charge on any atom is -0.465 e. The van der Waals surface area contributed by atoms with Gasteiger partial charge >= 0.3 is 5.97 Å². The van der Waals surface area contributed by atoms with E-state index < -0.39 is 32.5 Å².